The molecule has 28 heavy (non-hydrogen) atoms. The van der Waals surface area contributed by atoms with Crippen LogP contribution >= 0.6 is 0 Å². The highest BCUT2D eigenvalue weighted by atomic mass is 16.5. The zero-order valence-electron chi connectivity index (χ0n) is 16.2. The number of aliphatic hydroxyl groups is 1. The first-order valence-corrected chi connectivity index (χ1v) is 9.94. The molecule has 0 amide bonds. The van der Waals surface area contributed by atoms with Crippen molar-refractivity contribution in [1.29, 1.82) is 0 Å². The summed E-state index contributed by atoms with van der Waals surface area (Å²) < 4.78 is 5.96. The molecule has 0 saturated carbocycles. The Bertz CT molecular complexity index is 776. The van der Waals surface area contributed by atoms with Crippen LogP contribution in [0.25, 0.3) is 0 Å². The van der Waals surface area contributed by atoms with Crippen molar-refractivity contribution in [2.75, 3.05) is 6.61 Å². The van der Waals surface area contributed by atoms with E-state index in [4.69, 9.17) is 4.74 Å². The van der Waals surface area contributed by atoms with Crippen LogP contribution in [-0.2, 0) is 10.3 Å². The second kappa shape index (κ2) is 8.32. The summed E-state index contributed by atoms with van der Waals surface area (Å²) in [5, 5.41) is 13.8. The van der Waals surface area contributed by atoms with Crippen molar-refractivity contribution in [3.8, 4) is 0 Å². The molecule has 4 rings (SSSR count). The van der Waals surface area contributed by atoms with E-state index in [2.05, 4.69) is 86.0 Å². The minimum Gasteiger partial charge on any atom is -0.394 e. The predicted molar refractivity (Wildman–Crippen MR) is 115 cm³/mol. The van der Waals surface area contributed by atoms with Crippen LogP contribution in [0.4, 0.5) is 0 Å². The van der Waals surface area contributed by atoms with Gasteiger partial charge >= 0.3 is 0 Å². The standard InChI is InChI=1S/C24H26BNO2/c25-23-16-21(22(17-27)28-23)26-24(18-10-4-1-5-11-18,19-12-6-2-7-13-19)20-14-8-3-9-15-20/h1-15,21-23,26-27H,16-17,25H2/t21-,22-,23-/m1/s1. The maximum Gasteiger partial charge on any atom is 0.139 e. The molecule has 0 bridgehead atoms. The molecule has 2 N–H and O–H groups in total. The minimum absolute atomic E-state index is 0.0104. The van der Waals surface area contributed by atoms with Gasteiger partial charge in [0.25, 0.3) is 0 Å². The zero-order chi connectivity index (χ0) is 19.4. The third-order valence-corrected chi connectivity index (χ3v) is 5.64. The molecule has 4 heteroatoms. The van der Waals surface area contributed by atoms with Crippen molar-refractivity contribution in [2.24, 2.45) is 0 Å². The second-order valence-corrected chi connectivity index (χ2v) is 7.50. The van der Waals surface area contributed by atoms with Crippen molar-refractivity contribution < 1.29 is 9.84 Å². The summed E-state index contributed by atoms with van der Waals surface area (Å²) in [6, 6.07) is 31.8. The molecule has 1 aliphatic rings. The summed E-state index contributed by atoms with van der Waals surface area (Å²) in [6.07, 6.45) is 0.643. The molecule has 3 atom stereocenters. The SMILES string of the molecule is B[C@H]1C[C@@H](NC(c2ccccc2)(c2ccccc2)c2ccccc2)[C@@H](CO)O1. The average molecular weight is 371 g/mol. The Labute approximate surface area is 167 Å². The van der Waals surface area contributed by atoms with Crippen LogP contribution in [0.1, 0.15) is 23.1 Å². The molecule has 0 aliphatic carbocycles. The maximum atomic E-state index is 9.90. The van der Waals surface area contributed by atoms with Gasteiger partial charge in [0.1, 0.15) is 7.85 Å². The Morgan fingerprint density at radius 2 is 1.25 bits per heavy atom. The lowest BCUT2D eigenvalue weighted by atomic mass is 9.76. The van der Waals surface area contributed by atoms with Gasteiger partial charge < -0.3 is 9.84 Å². The van der Waals surface area contributed by atoms with Gasteiger partial charge in [-0.2, -0.15) is 0 Å². The summed E-state index contributed by atoms with van der Waals surface area (Å²) in [5.74, 6) is 0. The summed E-state index contributed by atoms with van der Waals surface area (Å²) in [5.41, 5.74) is 2.98. The highest BCUT2D eigenvalue weighted by Crippen LogP contribution is 2.38. The van der Waals surface area contributed by atoms with Gasteiger partial charge in [-0.1, -0.05) is 91.0 Å². The molecule has 142 valence electrons. The van der Waals surface area contributed by atoms with Crippen molar-refractivity contribution in [3.63, 3.8) is 0 Å². The Balaban J connectivity index is 1.91. The number of hydrogen-bond acceptors (Lipinski definition) is 3. The van der Waals surface area contributed by atoms with Crippen LogP contribution in [0.2, 0.25) is 0 Å². The Hall–Kier alpha value is -2.40. The first-order valence-electron chi connectivity index (χ1n) is 9.94. The monoisotopic (exact) mass is 371 g/mol. The fraction of sp³-hybridized carbons (Fsp3) is 0.250. The molecule has 1 heterocycles. The van der Waals surface area contributed by atoms with Crippen molar-refractivity contribution in [1.82, 2.24) is 5.32 Å². The average Bonchev–Trinajstić information content (AvgIpc) is 3.13. The van der Waals surface area contributed by atoms with Gasteiger partial charge in [0.2, 0.25) is 0 Å². The number of nitrogens with one attached hydrogen (secondary N) is 1. The topological polar surface area (TPSA) is 41.5 Å². The molecule has 0 aromatic heterocycles. The van der Waals surface area contributed by atoms with E-state index in [1.807, 2.05) is 18.2 Å². The van der Waals surface area contributed by atoms with Crippen molar-refractivity contribution >= 4 is 7.85 Å². The lowest BCUT2D eigenvalue weighted by molar-refractivity contribution is 0.0308. The molecule has 1 saturated heterocycles. The quantitative estimate of drug-likeness (QED) is 0.517. The van der Waals surface area contributed by atoms with Gasteiger partial charge in [0, 0.05) is 12.0 Å². The minimum atomic E-state index is -0.532. The first-order chi connectivity index (χ1) is 13.7. The highest BCUT2D eigenvalue weighted by molar-refractivity contribution is 6.11. The van der Waals surface area contributed by atoms with Gasteiger partial charge in [-0.05, 0) is 23.1 Å². The highest BCUT2D eigenvalue weighted by Gasteiger charge is 2.42. The summed E-state index contributed by atoms with van der Waals surface area (Å²) in [6.45, 7) is 0.0104. The Kier molecular flexibility index (Phi) is 5.63. The molecular formula is C24H26BNO2. The van der Waals surface area contributed by atoms with Gasteiger partial charge in [0.05, 0.1) is 18.2 Å². The van der Waals surface area contributed by atoms with E-state index >= 15 is 0 Å². The molecule has 3 aromatic rings. The van der Waals surface area contributed by atoms with Gasteiger partial charge in [0.15, 0.2) is 0 Å². The van der Waals surface area contributed by atoms with Gasteiger partial charge in [-0.3, -0.25) is 5.32 Å². The molecular weight excluding hydrogens is 345 g/mol. The molecule has 0 spiro atoms. The van der Waals surface area contributed by atoms with Crippen LogP contribution in [-0.4, -0.2) is 37.7 Å². The second-order valence-electron chi connectivity index (χ2n) is 7.50. The molecule has 0 unspecified atom stereocenters. The van der Waals surface area contributed by atoms with E-state index in [0.717, 1.165) is 6.42 Å². The van der Waals surface area contributed by atoms with Crippen LogP contribution in [0, 0.1) is 0 Å². The molecule has 1 fully saturated rings. The normalized spacial score (nSPS) is 22.2. The van der Waals surface area contributed by atoms with Gasteiger partial charge in [-0.25, -0.2) is 0 Å². The van der Waals surface area contributed by atoms with Crippen LogP contribution in [0.15, 0.2) is 91.0 Å². The van der Waals surface area contributed by atoms with Crippen molar-refractivity contribution in [3.05, 3.63) is 108 Å². The molecule has 3 nitrogen and oxygen atoms in total. The third-order valence-electron chi connectivity index (χ3n) is 5.64. The summed E-state index contributed by atoms with van der Waals surface area (Å²) in [4.78, 5) is 0. The Morgan fingerprint density at radius 1 is 0.821 bits per heavy atom. The lowest BCUT2D eigenvalue weighted by Crippen LogP contribution is -2.53. The van der Waals surface area contributed by atoms with E-state index in [-0.39, 0.29) is 24.8 Å². The number of hydrogen-bond donors (Lipinski definition) is 2. The van der Waals surface area contributed by atoms with Crippen LogP contribution < -0.4 is 5.32 Å². The number of aliphatic hydroxyl groups excluding tert-OH is 1. The van der Waals surface area contributed by atoms with E-state index < -0.39 is 5.54 Å². The molecule has 3 aromatic carbocycles. The van der Waals surface area contributed by atoms with E-state index in [0.29, 0.717) is 0 Å². The Morgan fingerprint density at radius 3 is 1.64 bits per heavy atom. The summed E-state index contributed by atoms with van der Waals surface area (Å²) >= 11 is 0. The zero-order valence-corrected chi connectivity index (χ0v) is 16.2. The van der Waals surface area contributed by atoms with Crippen molar-refractivity contribution in [2.45, 2.75) is 30.1 Å². The van der Waals surface area contributed by atoms with Crippen LogP contribution in [0.5, 0.6) is 0 Å². The maximum absolute atomic E-state index is 9.90. The molecule has 0 radical (unpaired) electrons. The first kappa shape index (κ1) is 18.9. The fourth-order valence-corrected chi connectivity index (χ4v) is 4.37. The number of rotatable bonds is 6. The predicted octanol–water partition coefficient (Wildman–Crippen LogP) is 2.68. The smallest absolute Gasteiger partial charge is 0.139 e. The summed E-state index contributed by atoms with van der Waals surface area (Å²) in [7, 11) is 2.07. The van der Waals surface area contributed by atoms with E-state index in [1.54, 1.807) is 0 Å². The van der Waals surface area contributed by atoms with E-state index in [1.165, 1.54) is 16.7 Å². The van der Waals surface area contributed by atoms with E-state index in [9.17, 15) is 5.11 Å². The largest absolute Gasteiger partial charge is 0.394 e. The lowest BCUT2D eigenvalue weighted by Gasteiger charge is -2.40. The number of ether oxygens (including phenoxy) is 1. The van der Waals surface area contributed by atoms with Gasteiger partial charge in [-0.15, -0.1) is 0 Å². The molecule has 1 aliphatic heterocycles. The van der Waals surface area contributed by atoms with Crippen LogP contribution in [0.3, 0.4) is 0 Å². The fourth-order valence-electron chi connectivity index (χ4n) is 4.37. The number of benzene rings is 3. The third kappa shape index (κ3) is 3.51.